The van der Waals surface area contributed by atoms with Gasteiger partial charge in [-0.25, -0.2) is 0 Å². The van der Waals surface area contributed by atoms with Crippen LogP contribution in [0.4, 0.5) is 0 Å². The first-order valence-corrected chi connectivity index (χ1v) is 3.70. The zero-order valence-corrected chi connectivity index (χ0v) is 7.46. The highest BCUT2D eigenvalue weighted by molar-refractivity contribution is 5.18. The second-order valence-electron chi connectivity index (χ2n) is 2.85. The van der Waals surface area contributed by atoms with E-state index in [2.05, 4.69) is 6.58 Å². The molecule has 0 heterocycles. The fourth-order valence-corrected chi connectivity index (χ4v) is 0.727. The minimum absolute atomic E-state index is 0.474. The minimum atomic E-state index is -0.474. The molecule has 11 heavy (non-hydrogen) atoms. The Labute approximate surface area is 68.7 Å². The summed E-state index contributed by atoms with van der Waals surface area (Å²) in [6.07, 6.45) is 4.81. The summed E-state index contributed by atoms with van der Waals surface area (Å²) in [7, 11) is 0. The van der Waals surface area contributed by atoms with Gasteiger partial charge in [0.05, 0.1) is 6.10 Å². The highest BCUT2D eigenvalue weighted by Crippen LogP contribution is 2.00. The quantitative estimate of drug-likeness (QED) is 0.486. The Morgan fingerprint density at radius 3 is 2.18 bits per heavy atom. The zero-order chi connectivity index (χ0) is 8.85. The molecule has 0 bridgehead atoms. The molecule has 0 aromatic rings. The summed E-state index contributed by atoms with van der Waals surface area (Å²) in [5.74, 6) is 0. The third kappa shape index (κ3) is 5.62. The Morgan fingerprint density at radius 2 is 1.82 bits per heavy atom. The fraction of sp³-hybridized carbons (Fsp3) is 0.400. The van der Waals surface area contributed by atoms with Gasteiger partial charge in [0.2, 0.25) is 0 Å². The summed E-state index contributed by atoms with van der Waals surface area (Å²) in [6, 6.07) is 0. The number of hydrogen-bond donors (Lipinski definition) is 1. The van der Waals surface area contributed by atoms with Crippen molar-refractivity contribution in [3.05, 3.63) is 36.0 Å². The molecule has 1 nitrogen and oxygen atoms in total. The van der Waals surface area contributed by atoms with Crippen molar-refractivity contribution in [2.45, 2.75) is 26.9 Å². The fourth-order valence-electron chi connectivity index (χ4n) is 0.727. The molecule has 0 radical (unpaired) electrons. The van der Waals surface area contributed by atoms with Gasteiger partial charge in [-0.2, -0.15) is 0 Å². The third-order valence-electron chi connectivity index (χ3n) is 1.26. The van der Waals surface area contributed by atoms with Crippen LogP contribution < -0.4 is 0 Å². The van der Waals surface area contributed by atoms with E-state index in [1.807, 2.05) is 20.8 Å². The average molecular weight is 152 g/mol. The molecule has 0 aromatic heterocycles. The molecular weight excluding hydrogens is 136 g/mol. The summed E-state index contributed by atoms with van der Waals surface area (Å²) in [6.45, 7) is 9.42. The van der Waals surface area contributed by atoms with Crippen molar-refractivity contribution in [1.29, 1.82) is 0 Å². The molecule has 0 spiro atoms. The maximum absolute atomic E-state index is 9.32. The Hall–Kier alpha value is -0.820. The van der Waals surface area contributed by atoms with Crippen LogP contribution in [0.15, 0.2) is 36.0 Å². The first kappa shape index (κ1) is 10.2. The van der Waals surface area contributed by atoms with E-state index in [9.17, 15) is 5.11 Å². The smallest absolute Gasteiger partial charge is 0.0910 e. The van der Waals surface area contributed by atoms with Crippen LogP contribution in [0.25, 0.3) is 0 Å². The maximum atomic E-state index is 9.32. The van der Waals surface area contributed by atoms with E-state index in [1.54, 1.807) is 18.2 Å². The molecule has 1 unspecified atom stereocenters. The third-order valence-corrected chi connectivity index (χ3v) is 1.26. The zero-order valence-electron chi connectivity index (χ0n) is 7.46. The average Bonchev–Trinajstić information content (AvgIpc) is 1.85. The van der Waals surface area contributed by atoms with Gasteiger partial charge in [-0.1, -0.05) is 29.9 Å². The first-order valence-electron chi connectivity index (χ1n) is 3.70. The topological polar surface area (TPSA) is 20.2 Å². The van der Waals surface area contributed by atoms with E-state index in [4.69, 9.17) is 0 Å². The van der Waals surface area contributed by atoms with Crippen molar-refractivity contribution < 1.29 is 5.11 Å². The Kier molecular flexibility index (Phi) is 4.55. The Morgan fingerprint density at radius 1 is 1.27 bits per heavy atom. The predicted octanol–water partition coefficient (Wildman–Crippen LogP) is 2.45. The minimum Gasteiger partial charge on any atom is -0.385 e. The van der Waals surface area contributed by atoms with Crippen LogP contribution in [0, 0.1) is 0 Å². The normalized spacial score (nSPS) is 14.0. The number of aliphatic hydroxyl groups is 1. The van der Waals surface area contributed by atoms with E-state index in [0.29, 0.717) is 0 Å². The molecule has 1 heteroatoms. The van der Waals surface area contributed by atoms with Crippen LogP contribution in [0.3, 0.4) is 0 Å². The van der Waals surface area contributed by atoms with Crippen LogP contribution in [-0.2, 0) is 0 Å². The van der Waals surface area contributed by atoms with Crippen LogP contribution in [0.2, 0.25) is 0 Å². The Bertz CT molecular complexity index is 183. The summed E-state index contributed by atoms with van der Waals surface area (Å²) < 4.78 is 0. The van der Waals surface area contributed by atoms with Gasteiger partial charge in [0.15, 0.2) is 0 Å². The van der Waals surface area contributed by atoms with Crippen molar-refractivity contribution >= 4 is 0 Å². The number of allylic oxidation sites excluding steroid dienone is 3. The summed E-state index contributed by atoms with van der Waals surface area (Å²) in [5, 5.41) is 9.32. The van der Waals surface area contributed by atoms with Gasteiger partial charge in [0, 0.05) is 0 Å². The monoisotopic (exact) mass is 152 g/mol. The van der Waals surface area contributed by atoms with E-state index in [0.717, 1.165) is 11.1 Å². The van der Waals surface area contributed by atoms with Crippen molar-refractivity contribution in [2.75, 3.05) is 0 Å². The highest BCUT2D eigenvalue weighted by Gasteiger charge is 1.93. The molecule has 0 amide bonds. The van der Waals surface area contributed by atoms with Crippen LogP contribution >= 0.6 is 0 Å². The van der Waals surface area contributed by atoms with Gasteiger partial charge in [0.1, 0.15) is 0 Å². The van der Waals surface area contributed by atoms with Gasteiger partial charge in [-0.05, 0) is 26.8 Å². The lowest BCUT2D eigenvalue weighted by molar-refractivity contribution is 0.270. The molecule has 0 aromatic carbocycles. The summed E-state index contributed by atoms with van der Waals surface area (Å²) >= 11 is 0. The molecule has 0 saturated heterocycles. The predicted molar refractivity (Wildman–Crippen MR) is 49.4 cm³/mol. The standard InChI is InChI=1S/C10H16O/c1-5-9(4)7-10(11)6-8(2)3/h5-7,10-11H,1H2,2-4H3/b9-7-. The molecule has 1 N–H and O–H groups in total. The van der Waals surface area contributed by atoms with Gasteiger partial charge in [-0.3, -0.25) is 0 Å². The molecular formula is C10H16O. The van der Waals surface area contributed by atoms with Gasteiger partial charge >= 0.3 is 0 Å². The summed E-state index contributed by atoms with van der Waals surface area (Å²) in [5.41, 5.74) is 2.11. The maximum Gasteiger partial charge on any atom is 0.0910 e. The SMILES string of the molecule is C=C/C(C)=C\C(O)C=C(C)C. The number of hydrogen-bond acceptors (Lipinski definition) is 1. The lowest BCUT2D eigenvalue weighted by atomic mass is 10.2. The lowest BCUT2D eigenvalue weighted by Gasteiger charge is -1.99. The first-order chi connectivity index (χ1) is 5.06. The molecule has 62 valence electrons. The molecule has 0 saturated carbocycles. The molecule has 0 fully saturated rings. The molecule has 0 aliphatic rings. The van der Waals surface area contributed by atoms with Crippen molar-refractivity contribution in [2.24, 2.45) is 0 Å². The second kappa shape index (κ2) is 4.91. The van der Waals surface area contributed by atoms with Crippen LogP contribution in [0.5, 0.6) is 0 Å². The van der Waals surface area contributed by atoms with Crippen LogP contribution in [0.1, 0.15) is 20.8 Å². The van der Waals surface area contributed by atoms with E-state index >= 15 is 0 Å². The highest BCUT2D eigenvalue weighted by atomic mass is 16.3. The van der Waals surface area contributed by atoms with Crippen LogP contribution in [-0.4, -0.2) is 11.2 Å². The Balaban J connectivity index is 4.17. The lowest BCUT2D eigenvalue weighted by Crippen LogP contribution is -1.97. The molecule has 0 rings (SSSR count). The van der Waals surface area contributed by atoms with Crippen molar-refractivity contribution in [3.8, 4) is 0 Å². The van der Waals surface area contributed by atoms with E-state index in [-0.39, 0.29) is 0 Å². The molecule has 0 aliphatic carbocycles. The van der Waals surface area contributed by atoms with Gasteiger partial charge < -0.3 is 5.11 Å². The van der Waals surface area contributed by atoms with E-state index in [1.165, 1.54) is 0 Å². The largest absolute Gasteiger partial charge is 0.385 e. The molecule has 0 aliphatic heterocycles. The van der Waals surface area contributed by atoms with Gasteiger partial charge in [-0.15, -0.1) is 0 Å². The van der Waals surface area contributed by atoms with Crippen molar-refractivity contribution in [3.63, 3.8) is 0 Å². The second-order valence-corrected chi connectivity index (χ2v) is 2.85. The van der Waals surface area contributed by atoms with Gasteiger partial charge in [0.25, 0.3) is 0 Å². The number of aliphatic hydroxyl groups excluding tert-OH is 1. The number of rotatable bonds is 3. The molecule has 1 atom stereocenters. The van der Waals surface area contributed by atoms with Crippen molar-refractivity contribution in [1.82, 2.24) is 0 Å². The summed E-state index contributed by atoms with van der Waals surface area (Å²) in [4.78, 5) is 0. The van der Waals surface area contributed by atoms with E-state index < -0.39 is 6.10 Å².